The first-order valence-electron chi connectivity index (χ1n) is 5.87. The van der Waals surface area contributed by atoms with Gasteiger partial charge in [0.1, 0.15) is 6.04 Å². The molecule has 0 saturated heterocycles. The van der Waals surface area contributed by atoms with E-state index in [4.69, 9.17) is 10.2 Å². The van der Waals surface area contributed by atoms with Gasteiger partial charge in [-0.15, -0.1) is 0 Å². The molecule has 0 aromatic carbocycles. The zero-order valence-electron chi connectivity index (χ0n) is 10.2. The Hall–Kier alpha value is -1.79. The molecule has 2 amide bonds. The number of carbonyl (C=O) groups excluding carboxylic acids is 1. The van der Waals surface area contributed by atoms with E-state index in [1.54, 1.807) is 0 Å². The molecule has 0 spiro atoms. The molecule has 4 N–H and O–H groups in total. The Labute approximate surface area is 105 Å². The van der Waals surface area contributed by atoms with Crippen LogP contribution >= 0.6 is 0 Å². The van der Waals surface area contributed by atoms with Crippen LogP contribution in [0.3, 0.4) is 0 Å². The van der Waals surface area contributed by atoms with E-state index >= 15 is 0 Å². The number of carboxylic acids is 2. The van der Waals surface area contributed by atoms with Gasteiger partial charge in [-0.3, -0.25) is 4.79 Å². The maximum Gasteiger partial charge on any atom is 0.326 e. The van der Waals surface area contributed by atoms with E-state index in [-0.39, 0.29) is 5.41 Å². The summed E-state index contributed by atoms with van der Waals surface area (Å²) in [6, 6.07) is -2.04. The molecule has 1 fully saturated rings. The van der Waals surface area contributed by atoms with Crippen LogP contribution in [0.1, 0.15) is 32.6 Å². The summed E-state index contributed by atoms with van der Waals surface area (Å²) in [7, 11) is 0. The molecule has 1 rings (SSSR count). The van der Waals surface area contributed by atoms with Gasteiger partial charge in [0.05, 0.1) is 6.42 Å². The van der Waals surface area contributed by atoms with Crippen LogP contribution in [0.2, 0.25) is 0 Å². The van der Waals surface area contributed by atoms with Gasteiger partial charge in [-0.05, 0) is 24.7 Å². The highest BCUT2D eigenvalue weighted by Crippen LogP contribution is 2.47. The monoisotopic (exact) mass is 258 g/mol. The van der Waals surface area contributed by atoms with Gasteiger partial charge >= 0.3 is 18.0 Å². The molecular formula is C11H18N2O5. The van der Waals surface area contributed by atoms with Gasteiger partial charge < -0.3 is 20.8 Å². The summed E-state index contributed by atoms with van der Waals surface area (Å²) in [6.45, 7) is 2.53. The first-order chi connectivity index (χ1) is 8.38. The lowest BCUT2D eigenvalue weighted by molar-refractivity contribution is -0.145. The largest absolute Gasteiger partial charge is 0.481 e. The third kappa shape index (κ3) is 4.23. The predicted octanol–water partition coefficient (Wildman–Crippen LogP) is 0.404. The summed E-state index contributed by atoms with van der Waals surface area (Å²) in [5, 5.41) is 22.0. The van der Waals surface area contributed by atoms with E-state index in [1.807, 2.05) is 6.92 Å². The van der Waals surface area contributed by atoms with Crippen molar-refractivity contribution in [3.8, 4) is 0 Å². The lowest BCUT2D eigenvalue weighted by atomic mass is 10.0. The van der Waals surface area contributed by atoms with Crippen molar-refractivity contribution in [1.29, 1.82) is 0 Å². The average Bonchev–Trinajstić information content (AvgIpc) is 3.05. The van der Waals surface area contributed by atoms with Crippen LogP contribution in [0.15, 0.2) is 0 Å². The Morgan fingerprint density at radius 2 is 1.89 bits per heavy atom. The van der Waals surface area contributed by atoms with Crippen molar-refractivity contribution in [1.82, 2.24) is 10.6 Å². The highest BCUT2D eigenvalue weighted by molar-refractivity contribution is 5.86. The van der Waals surface area contributed by atoms with Gasteiger partial charge in [-0.2, -0.15) is 0 Å². The van der Waals surface area contributed by atoms with Crippen molar-refractivity contribution >= 4 is 18.0 Å². The molecule has 1 unspecified atom stereocenters. The van der Waals surface area contributed by atoms with Crippen molar-refractivity contribution < 1.29 is 24.6 Å². The number of hydrogen-bond donors (Lipinski definition) is 4. The SMILES string of the molecule is CCC1(CNC(=O)NC(CC(=O)O)C(=O)O)CC1. The summed E-state index contributed by atoms with van der Waals surface area (Å²) in [5.41, 5.74) is 0.156. The highest BCUT2D eigenvalue weighted by Gasteiger charge is 2.40. The number of aliphatic carboxylic acids is 2. The minimum atomic E-state index is -1.40. The third-order valence-electron chi connectivity index (χ3n) is 3.31. The number of carboxylic acid groups (broad SMARTS) is 2. The van der Waals surface area contributed by atoms with Crippen molar-refractivity contribution in [2.45, 2.75) is 38.6 Å². The molecule has 7 nitrogen and oxygen atoms in total. The number of hydrogen-bond acceptors (Lipinski definition) is 3. The summed E-state index contributed by atoms with van der Waals surface area (Å²) >= 11 is 0. The fourth-order valence-electron chi connectivity index (χ4n) is 1.68. The maximum atomic E-state index is 11.5. The van der Waals surface area contributed by atoms with E-state index in [0.717, 1.165) is 19.3 Å². The summed E-state index contributed by atoms with van der Waals surface area (Å²) in [5.74, 6) is -2.63. The Kier molecular flexibility index (Phi) is 4.52. The van der Waals surface area contributed by atoms with Gasteiger partial charge in [0.25, 0.3) is 0 Å². The molecule has 0 heterocycles. The van der Waals surface area contributed by atoms with Crippen LogP contribution in [-0.2, 0) is 9.59 Å². The quantitative estimate of drug-likeness (QED) is 0.527. The van der Waals surface area contributed by atoms with Crippen molar-refractivity contribution in [2.75, 3.05) is 6.54 Å². The Balaban J connectivity index is 2.36. The summed E-state index contributed by atoms with van der Waals surface area (Å²) in [4.78, 5) is 32.6. The van der Waals surface area contributed by atoms with Gasteiger partial charge in [-0.1, -0.05) is 6.92 Å². The van der Waals surface area contributed by atoms with E-state index < -0.39 is 30.4 Å². The summed E-state index contributed by atoms with van der Waals surface area (Å²) in [6.07, 6.45) is 2.44. The van der Waals surface area contributed by atoms with E-state index in [9.17, 15) is 14.4 Å². The van der Waals surface area contributed by atoms with Crippen LogP contribution in [0.25, 0.3) is 0 Å². The highest BCUT2D eigenvalue weighted by atomic mass is 16.4. The fourth-order valence-corrected chi connectivity index (χ4v) is 1.68. The van der Waals surface area contributed by atoms with E-state index in [0.29, 0.717) is 6.54 Å². The zero-order valence-corrected chi connectivity index (χ0v) is 10.2. The number of rotatable bonds is 7. The van der Waals surface area contributed by atoms with E-state index in [1.165, 1.54) is 0 Å². The van der Waals surface area contributed by atoms with Gasteiger partial charge in [0.2, 0.25) is 0 Å². The Morgan fingerprint density at radius 1 is 1.28 bits per heavy atom. The predicted molar refractivity (Wildman–Crippen MR) is 62.2 cm³/mol. The molecule has 0 aliphatic heterocycles. The lowest BCUT2D eigenvalue weighted by Gasteiger charge is -2.16. The second kappa shape index (κ2) is 5.70. The van der Waals surface area contributed by atoms with Crippen LogP contribution in [-0.4, -0.2) is 40.8 Å². The normalized spacial score (nSPS) is 17.6. The molecule has 0 bridgehead atoms. The second-order valence-corrected chi connectivity index (χ2v) is 4.67. The molecule has 1 saturated carbocycles. The molecule has 0 aromatic rings. The fraction of sp³-hybridized carbons (Fsp3) is 0.727. The van der Waals surface area contributed by atoms with Crippen LogP contribution in [0.4, 0.5) is 4.79 Å². The smallest absolute Gasteiger partial charge is 0.326 e. The maximum absolute atomic E-state index is 11.5. The number of urea groups is 1. The second-order valence-electron chi connectivity index (χ2n) is 4.67. The summed E-state index contributed by atoms with van der Waals surface area (Å²) < 4.78 is 0. The molecule has 0 aromatic heterocycles. The average molecular weight is 258 g/mol. The van der Waals surface area contributed by atoms with Crippen molar-refractivity contribution in [3.63, 3.8) is 0 Å². The molecule has 18 heavy (non-hydrogen) atoms. The number of amides is 2. The molecule has 7 heteroatoms. The first kappa shape index (κ1) is 14.3. The number of carbonyl (C=O) groups is 3. The van der Waals surface area contributed by atoms with Gasteiger partial charge in [-0.25, -0.2) is 9.59 Å². The molecule has 1 aliphatic carbocycles. The topological polar surface area (TPSA) is 116 Å². The van der Waals surface area contributed by atoms with Crippen LogP contribution in [0.5, 0.6) is 0 Å². The molecule has 1 aliphatic rings. The van der Waals surface area contributed by atoms with E-state index in [2.05, 4.69) is 10.6 Å². The van der Waals surface area contributed by atoms with Crippen molar-refractivity contribution in [3.05, 3.63) is 0 Å². The minimum Gasteiger partial charge on any atom is -0.481 e. The Morgan fingerprint density at radius 3 is 2.28 bits per heavy atom. The molecule has 1 atom stereocenters. The Bertz CT molecular complexity index is 351. The molecule has 0 radical (unpaired) electrons. The van der Waals surface area contributed by atoms with Crippen molar-refractivity contribution in [2.24, 2.45) is 5.41 Å². The lowest BCUT2D eigenvalue weighted by Crippen LogP contribution is -2.48. The zero-order chi connectivity index (χ0) is 13.8. The van der Waals surface area contributed by atoms with Crippen LogP contribution in [0, 0.1) is 5.41 Å². The minimum absolute atomic E-state index is 0.156. The first-order valence-corrected chi connectivity index (χ1v) is 5.87. The number of nitrogens with one attached hydrogen (secondary N) is 2. The molecular weight excluding hydrogens is 240 g/mol. The van der Waals surface area contributed by atoms with Crippen LogP contribution < -0.4 is 10.6 Å². The van der Waals surface area contributed by atoms with Gasteiger partial charge in [0.15, 0.2) is 0 Å². The standard InChI is InChI=1S/C11H18N2O5/c1-2-11(3-4-11)6-12-10(18)13-7(9(16)17)5-8(14)15/h7H,2-6H2,1H3,(H,14,15)(H,16,17)(H2,12,13,18). The molecule has 102 valence electrons. The third-order valence-corrected chi connectivity index (χ3v) is 3.31. The van der Waals surface area contributed by atoms with Gasteiger partial charge in [0, 0.05) is 6.54 Å².